The smallest absolute Gasteiger partial charge is 0.218 e. The van der Waals surface area contributed by atoms with Gasteiger partial charge in [-0.1, -0.05) is 6.92 Å². The summed E-state index contributed by atoms with van der Waals surface area (Å²) in [7, 11) is 1.69. The quantitative estimate of drug-likeness (QED) is 0.766. The number of pyridine rings is 1. The summed E-state index contributed by atoms with van der Waals surface area (Å²) in [5.41, 5.74) is 1.21. The van der Waals surface area contributed by atoms with E-state index in [1.807, 2.05) is 6.07 Å². The molecule has 5 heteroatoms. The van der Waals surface area contributed by atoms with Crippen molar-refractivity contribution in [2.45, 2.75) is 13.5 Å². The number of nitrogens with zero attached hydrogens (tertiary/aromatic N) is 3. The van der Waals surface area contributed by atoms with Gasteiger partial charge >= 0.3 is 0 Å². The van der Waals surface area contributed by atoms with Crippen molar-refractivity contribution in [2.75, 3.05) is 39.8 Å². The molecule has 0 unspecified atom stereocenters. The van der Waals surface area contributed by atoms with Gasteiger partial charge in [-0.15, -0.1) is 0 Å². The van der Waals surface area contributed by atoms with Gasteiger partial charge in [-0.2, -0.15) is 0 Å². The number of hydrogen-bond acceptors (Lipinski definition) is 4. The number of piperazine rings is 1. The summed E-state index contributed by atoms with van der Waals surface area (Å²) in [4.78, 5) is 9.26. The second-order valence-electron chi connectivity index (χ2n) is 4.49. The van der Waals surface area contributed by atoms with E-state index >= 15 is 0 Å². The van der Waals surface area contributed by atoms with Gasteiger partial charge in [0.05, 0.1) is 7.11 Å². The van der Waals surface area contributed by atoms with Crippen molar-refractivity contribution >= 4 is 22.6 Å². The number of aromatic nitrogens is 1. The van der Waals surface area contributed by atoms with Crippen LogP contribution in [0, 0.1) is 3.57 Å². The fraction of sp³-hybridized carbons (Fsp3) is 0.615. The van der Waals surface area contributed by atoms with Gasteiger partial charge < -0.3 is 9.64 Å². The zero-order valence-electron chi connectivity index (χ0n) is 11.0. The van der Waals surface area contributed by atoms with Gasteiger partial charge in [0.25, 0.3) is 0 Å². The van der Waals surface area contributed by atoms with Crippen molar-refractivity contribution in [3.63, 3.8) is 0 Å². The second-order valence-corrected chi connectivity index (χ2v) is 5.65. The Bertz CT molecular complexity index is 392. The average Bonchev–Trinajstić information content (AvgIpc) is 2.42. The summed E-state index contributed by atoms with van der Waals surface area (Å²) in [5.74, 6) is 0.764. The third-order valence-corrected chi connectivity index (χ3v) is 4.46. The van der Waals surface area contributed by atoms with Crippen molar-refractivity contribution < 1.29 is 4.74 Å². The minimum absolute atomic E-state index is 0.764. The van der Waals surface area contributed by atoms with Crippen molar-refractivity contribution in [1.82, 2.24) is 14.8 Å². The van der Waals surface area contributed by atoms with Gasteiger partial charge in [0.2, 0.25) is 5.88 Å². The van der Waals surface area contributed by atoms with Crippen molar-refractivity contribution in [3.05, 3.63) is 21.4 Å². The molecule has 0 bridgehead atoms. The van der Waals surface area contributed by atoms with Gasteiger partial charge in [0.1, 0.15) is 0 Å². The zero-order valence-corrected chi connectivity index (χ0v) is 13.2. The molecule has 0 aromatic carbocycles. The van der Waals surface area contributed by atoms with Crippen LogP contribution in [0.1, 0.15) is 12.5 Å². The molecule has 1 aromatic heterocycles. The molecule has 1 aliphatic rings. The average molecular weight is 361 g/mol. The van der Waals surface area contributed by atoms with Gasteiger partial charge in [-0.25, -0.2) is 4.98 Å². The second kappa shape index (κ2) is 6.68. The molecule has 4 nitrogen and oxygen atoms in total. The Labute approximate surface area is 122 Å². The lowest BCUT2D eigenvalue weighted by Gasteiger charge is -2.34. The van der Waals surface area contributed by atoms with Crippen LogP contribution in [0.5, 0.6) is 5.88 Å². The van der Waals surface area contributed by atoms with E-state index in [-0.39, 0.29) is 0 Å². The largest absolute Gasteiger partial charge is 0.481 e. The number of halogens is 1. The molecule has 0 saturated carbocycles. The van der Waals surface area contributed by atoms with Crippen molar-refractivity contribution in [2.24, 2.45) is 0 Å². The monoisotopic (exact) mass is 361 g/mol. The van der Waals surface area contributed by atoms with Crippen molar-refractivity contribution in [3.8, 4) is 5.88 Å². The SMILES string of the molecule is CCN1CCN(Cc2c(I)ccnc2OC)CC1. The van der Waals surface area contributed by atoms with Gasteiger partial charge in [-0.05, 0) is 35.2 Å². The summed E-state index contributed by atoms with van der Waals surface area (Å²) in [6, 6.07) is 2.04. The maximum Gasteiger partial charge on any atom is 0.218 e. The summed E-state index contributed by atoms with van der Waals surface area (Å²) >= 11 is 2.36. The highest BCUT2D eigenvalue weighted by molar-refractivity contribution is 14.1. The molecule has 0 amide bonds. The molecule has 0 spiro atoms. The van der Waals surface area contributed by atoms with Crippen LogP contribution in [0.15, 0.2) is 12.3 Å². The van der Waals surface area contributed by atoms with Gasteiger partial charge in [0.15, 0.2) is 0 Å². The molecule has 1 aliphatic heterocycles. The number of methoxy groups -OCH3 is 1. The fourth-order valence-corrected chi connectivity index (χ4v) is 2.82. The minimum Gasteiger partial charge on any atom is -0.481 e. The predicted molar refractivity (Wildman–Crippen MR) is 80.9 cm³/mol. The molecule has 0 N–H and O–H groups in total. The first-order valence-electron chi connectivity index (χ1n) is 6.36. The van der Waals surface area contributed by atoms with E-state index in [0.29, 0.717) is 0 Å². The number of rotatable bonds is 4. The van der Waals surface area contributed by atoms with E-state index in [4.69, 9.17) is 4.74 Å². The van der Waals surface area contributed by atoms with Crippen molar-refractivity contribution in [1.29, 1.82) is 0 Å². The predicted octanol–water partition coefficient (Wildman–Crippen LogP) is 1.83. The molecular weight excluding hydrogens is 341 g/mol. The maximum atomic E-state index is 5.36. The van der Waals surface area contributed by atoms with E-state index in [2.05, 4.69) is 44.3 Å². The zero-order chi connectivity index (χ0) is 13.0. The number of hydrogen-bond donors (Lipinski definition) is 0. The van der Waals surface area contributed by atoms with E-state index < -0.39 is 0 Å². The first-order chi connectivity index (χ1) is 8.74. The molecule has 1 fully saturated rings. The van der Waals surface area contributed by atoms with Crippen LogP contribution in [-0.2, 0) is 6.54 Å². The van der Waals surface area contributed by atoms with Crippen LogP contribution in [-0.4, -0.2) is 54.6 Å². The lowest BCUT2D eigenvalue weighted by molar-refractivity contribution is 0.130. The molecule has 1 saturated heterocycles. The highest BCUT2D eigenvalue weighted by Gasteiger charge is 2.18. The Morgan fingerprint density at radius 1 is 1.28 bits per heavy atom. The van der Waals surface area contributed by atoms with Crippen LogP contribution in [0.3, 0.4) is 0 Å². The fourth-order valence-electron chi connectivity index (χ4n) is 2.26. The third kappa shape index (κ3) is 3.33. The van der Waals surface area contributed by atoms with Gasteiger partial charge in [-0.3, -0.25) is 4.90 Å². The van der Waals surface area contributed by atoms with Crippen LogP contribution in [0.4, 0.5) is 0 Å². The van der Waals surface area contributed by atoms with E-state index in [1.165, 1.54) is 9.13 Å². The summed E-state index contributed by atoms with van der Waals surface area (Å²) in [6.07, 6.45) is 1.80. The Morgan fingerprint density at radius 3 is 2.56 bits per heavy atom. The molecule has 1 aromatic rings. The summed E-state index contributed by atoms with van der Waals surface area (Å²) < 4.78 is 6.59. The highest BCUT2D eigenvalue weighted by Crippen LogP contribution is 2.23. The first-order valence-corrected chi connectivity index (χ1v) is 7.44. The van der Waals surface area contributed by atoms with Crippen LogP contribution >= 0.6 is 22.6 Å². The van der Waals surface area contributed by atoms with Crippen LogP contribution in [0.25, 0.3) is 0 Å². The molecule has 2 rings (SSSR count). The summed E-state index contributed by atoms with van der Waals surface area (Å²) in [6.45, 7) is 8.90. The molecule has 2 heterocycles. The van der Waals surface area contributed by atoms with Gasteiger partial charge in [0, 0.05) is 48.1 Å². The van der Waals surface area contributed by atoms with E-state index in [1.54, 1.807) is 13.3 Å². The molecule has 0 aliphatic carbocycles. The topological polar surface area (TPSA) is 28.6 Å². The van der Waals surface area contributed by atoms with Crippen LogP contribution in [0.2, 0.25) is 0 Å². The van der Waals surface area contributed by atoms with E-state index in [0.717, 1.165) is 45.1 Å². The number of likely N-dealkylation sites (N-methyl/N-ethyl adjacent to an activating group) is 1. The highest BCUT2D eigenvalue weighted by atomic mass is 127. The Morgan fingerprint density at radius 2 is 1.94 bits per heavy atom. The molecule has 18 heavy (non-hydrogen) atoms. The Kier molecular flexibility index (Phi) is 5.20. The standard InChI is InChI=1S/C13H20IN3O/c1-3-16-6-8-17(9-7-16)10-11-12(14)4-5-15-13(11)18-2/h4-5H,3,6-10H2,1-2H3. The number of ether oxygens (including phenoxy) is 1. The normalized spacial score (nSPS) is 17.9. The third-order valence-electron chi connectivity index (χ3n) is 3.45. The Balaban J connectivity index is 2.02. The lowest BCUT2D eigenvalue weighted by atomic mass is 10.2. The molecule has 0 atom stereocenters. The first kappa shape index (κ1) is 14.0. The van der Waals surface area contributed by atoms with E-state index in [9.17, 15) is 0 Å². The molecule has 100 valence electrons. The van der Waals surface area contributed by atoms with Crippen LogP contribution < -0.4 is 4.74 Å². The Hall–Kier alpha value is -0.400. The maximum absolute atomic E-state index is 5.36. The summed E-state index contributed by atoms with van der Waals surface area (Å²) in [5, 5.41) is 0. The molecular formula is C13H20IN3O. The minimum atomic E-state index is 0.764. The lowest BCUT2D eigenvalue weighted by Crippen LogP contribution is -2.45. The molecule has 0 radical (unpaired) electrons.